The summed E-state index contributed by atoms with van der Waals surface area (Å²) >= 11 is 0. The number of quaternary nitrogens is 1. The third-order valence-electron chi connectivity index (χ3n) is 8.40. The SMILES string of the molecule is C.CCCOc1ccc(S(=O)(=O)N2CCC(CCO[NH2+][O-])(CCO[N+](=O)O)CC2)cc1-c1nc2c(CCC)cn(CC)c2c(=O)[nH]1. The van der Waals surface area contributed by atoms with Gasteiger partial charge in [0.1, 0.15) is 28.6 Å². The number of nitrogens with zero attached hydrogens (tertiary/aromatic N) is 4. The third-order valence-corrected chi connectivity index (χ3v) is 10.3. The van der Waals surface area contributed by atoms with Crippen molar-refractivity contribution in [3.05, 3.63) is 50.4 Å². The molecule has 4 rings (SSSR count). The summed E-state index contributed by atoms with van der Waals surface area (Å²) in [5.74, 6) is 0.639. The highest BCUT2D eigenvalue weighted by Gasteiger charge is 2.39. The molecule has 16 heteroatoms. The second-order valence-electron chi connectivity index (χ2n) is 11.3. The van der Waals surface area contributed by atoms with E-state index in [4.69, 9.17) is 19.8 Å². The molecular weight excluding hydrogens is 620 g/mol. The number of aryl methyl sites for hydroxylation is 2. The minimum atomic E-state index is -3.97. The van der Waals surface area contributed by atoms with Crippen LogP contribution in [0.15, 0.2) is 34.1 Å². The molecule has 1 aliphatic heterocycles. The molecule has 0 spiro atoms. The molecule has 1 saturated heterocycles. The number of ether oxygens (including phenoxy) is 1. The average molecular weight is 668 g/mol. The van der Waals surface area contributed by atoms with E-state index in [0.29, 0.717) is 66.8 Å². The molecular formula is C30H47N6O9S+. The molecule has 15 nitrogen and oxygen atoms in total. The van der Waals surface area contributed by atoms with Gasteiger partial charge >= 0.3 is 5.09 Å². The van der Waals surface area contributed by atoms with Gasteiger partial charge in [-0.2, -0.15) is 9.14 Å². The van der Waals surface area contributed by atoms with Crippen LogP contribution in [-0.2, 0) is 32.7 Å². The van der Waals surface area contributed by atoms with Crippen molar-refractivity contribution in [2.75, 3.05) is 32.9 Å². The van der Waals surface area contributed by atoms with Crippen LogP contribution in [0, 0.1) is 15.5 Å². The third kappa shape index (κ3) is 8.22. The quantitative estimate of drug-likeness (QED) is 0.142. The van der Waals surface area contributed by atoms with Gasteiger partial charge in [-0.3, -0.25) is 4.79 Å². The Bertz CT molecular complexity index is 1630. The first-order chi connectivity index (χ1) is 21.6. The van der Waals surface area contributed by atoms with Gasteiger partial charge < -0.3 is 19.5 Å². The molecule has 0 bridgehead atoms. The van der Waals surface area contributed by atoms with E-state index < -0.39 is 20.5 Å². The van der Waals surface area contributed by atoms with Crippen LogP contribution in [0.3, 0.4) is 0 Å². The lowest BCUT2D eigenvalue weighted by Gasteiger charge is -2.40. The number of nitrogens with two attached hydrogens (primary N) is 1. The average Bonchev–Trinajstić information content (AvgIpc) is 3.38. The van der Waals surface area contributed by atoms with E-state index in [2.05, 4.69) is 16.7 Å². The van der Waals surface area contributed by atoms with Crippen LogP contribution in [-0.4, -0.2) is 70.5 Å². The van der Waals surface area contributed by atoms with Crippen LogP contribution in [0.2, 0.25) is 0 Å². The molecule has 0 radical (unpaired) electrons. The van der Waals surface area contributed by atoms with E-state index in [9.17, 15) is 23.3 Å². The number of benzene rings is 1. The molecule has 1 aliphatic rings. The molecule has 0 unspecified atom stereocenters. The highest BCUT2D eigenvalue weighted by Crippen LogP contribution is 2.40. The fourth-order valence-corrected chi connectivity index (χ4v) is 7.40. The van der Waals surface area contributed by atoms with Crippen LogP contribution >= 0.6 is 0 Å². The number of sulfonamides is 1. The van der Waals surface area contributed by atoms with Gasteiger partial charge in [0.15, 0.2) is 6.61 Å². The largest absolute Gasteiger partial charge is 0.601 e. The summed E-state index contributed by atoms with van der Waals surface area (Å²) in [6.45, 7) is 7.40. The molecule has 0 atom stereocenters. The molecule has 46 heavy (non-hydrogen) atoms. The Labute approximate surface area is 268 Å². The predicted octanol–water partition coefficient (Wildman–Crippen LogP) is 3.43. The molecule has 0 amide bonds. The number of hydrogen-bond donors (Lipinski definition) is 3. The van der Waals surface area contributed by atoms with E-state index in [1.54, 1.807) is 6.07 Å². The van der Waals surface area contributed by atoms with E-state index in [1.807, 2.05) is 24.6 Å². The van der Waals surface area contributed by atoms with Crippen molar-refractivity contribution in [2.45, 2.75) is 84.6 Å². The van der Waals surface area contributed by atoms with Crippen molar-refractivity contribution in [1.29, 1.82) is 0 Å². The van der Waals surface area contributed by atoms with Gasteiger partial charge in [-0.25, -0.2) is 29.1 Å². The van der Waals surface area contributed by atoms with E-state index >= 15 is 0 Å². The Hall–Kier alpha value is -3.57. The maximum absolute atomic E-state index is 13.9. The zero-order chi connectivity index (χ0) is 32.6. The van der Waals surface area contributed by atoms with Gasteiger partial charge in [0.05, 0.1) is 22.6 Å². The lowest BCUT2D eigenvalue weighted by Crippen LogP contribution is -2.76. The lowest BCUT2D eigenvalue weighted by molar-refractivity contribution is -0.975. The number of aromatic amines is 1. The van der Waals surface area contributed by atoms with Crippen molar-refractivity contribution < 1.29 is 38.8 Å². The van der Waals surface area contributed by atoms with Crippen molar-refractivity contribution in [2.24, 2.45) is 5.41 Å². The highest BCUT2D eigenvalue weighted by atomic mass is 32.2. The van der Waals surface area contributed by atoms with Crippen LogP contribution < -0.4 is 15.9 Å². The van der Waals surface area contributed by atoms with Crippen molar-refractivity contribution in [1.82, 2.24) is 18.8 Å². The molecule has 256 valence electrons. The van der Waals surface area contributed by atoms with E-state index in [0.717, 1.165) is 24.8 Å². The second kappa shape index (κ2) is 16.3. The van der Waals surface area contributed by atoms with Crippen LogP contribution in [0.4, 0.5) is 0 Å². The smallest absolute Gasteiger partial charge is 0.475 e. The Kier molecular flexibility index (Phi) is 13.1. The van der Waals surface area contributed by atoms with Crippen LogP contribution in [0.25, 0.3) is 22.4 Å². The Balaban J connectivity index is 0.00000576. The summed E-state index contributed by atoms with van der Waals surface area (Å²) < 4.78 is 37.1. The number of aromatic nitrogens is 3. The fraction of sp³-hybridized carbons (Fsp3) is 0.600. The Morgan fingerprint density at radius 2 is 1.85 bits per heavy atom. The monoisotopic (exact) mass is 667 g/mol. The van der Waals surface area contributed by atoms with E-state index in [-0.39, 0.29) is 50.0 Å². The molecule has 3 aromatic rings. The topological polar surface area (TPSA) is 196 Å². The predicted molar refractivity (Wildman–Crippen MR) is 170 cm³/mol. The number of piperidine rings is 1. The molecule has 1 aromatic carbocycles. The maximum Gasteiger partial charge on any atom is 0.475 e. The van der Waals surface area contributed by atoms with Gasteiger partial charge in [0.25, 0.3) is 5.56 Å². The van der Waals surface area contributed by atoms with Crippen LogP contribution in [0.1, 0.15) is 72.3 Å². The summed E-state index contributed by atoms with van der Waals surface area (Å²) in [5, 5.41) is 18.9. The van der Waals surface area contributed by atoms with Gasteiger partial charge in [0, 0.05) is 25.8 Å². The van der Waals surface area contributed by atoms with Gasteiger partial charge in [-0.1, -0.05) is 27.7 Å². The lowest BCUT2D eigenvalue weighted by atomic mass is 9.74. The molecule has 1 fully saturated rings. The summed E-state index contributed by atoms with van der Waals surface area (Å²) in [4.78, 5) is 41.4. The number of rotatable bonds is 17. The van der Waals surface area contributed by atoms with Crippen molar-refractivity contribution in [3.8, 4) is 17.1 Å². The molecule has 0 aliphatic carbocycles. The Morgan fingerprint density at radius 3 is 2.48 bits per heavy atom. The standard InChI is InChI=1S/C29H42N6O9S.CH4/c1-4-7-21-20-33(6-3)26-25(21)30-27(31-28(26)36)23-19-22(8-9-24(23)42-16-5-2)45(40,41)34-14-10-29(11-15-34,12-17-43-32-37)13-18-44-35(38)39;/h8-9,19-20H,4-7,10-18,32H2,1-3H3,(H-,30,31,36,38,39);1H4/p+1. The van der Waals surface area contributed by atoms with Crippen molar-refractivity contribution in [3.63, 3.8) is 0 Å². The fourth-order valence-electron chi connectivity index (χ4n) is 5.93. The number of fused-ring (bicyclic) bond motifs is 1. The zero-order valence-corrected chi connectivity index (χ0v) is 26.8. The second-order valence-corrected chi connectivity index (χ2v) is 13.2. The minimum absolute atomic E-state index is 0. The highest BCUT2D eigenvalue weighted by molar-refractivity contribution is 7.89. The van der Waals surface area contributed by atoms with Gasteiger partial charge in [0.2, 0.25) is 10.0 Å². The molecule has 4 N–H and O–H groups in total. The van der Waals surface area contributed by atoms with E-state index in [1.165, 1.54) is 16.4 Å². The van der Waals surface area contributed by atoms with Crippen LogP contribution in [0.5, 0.6) is 5.75 Å². The molecule has 2 aromatic heterocycles. The summed E-state index contributed by atoms with van der Waals surface area (Å²) in [6.07, 6.45) is 5.94. The summed E-state index contributed by atoms with van der Waals surface area (Å²) in [6, 6.07) is 4.59. The Morgan fingerprint density at radius 1 is 1.13 bits per heavy atom. The molecule has 3 heterocycles. The maximum atomic E-state index is 13.9. The first kappa shape index (κ1) is 36.9. The normalized spacial score (nSPS) is 15.0. The summed E-state index contributed by atoms with van der Waals surface area (Å²) in [7, 11) is -3.97. The van der Waals surface area contributed by atoms with Gasteiger partial charge in [-0.15, -0.1) is 0 Å². The minimum Gasteiger partial charge on any atom is -0.601 e. The van der Waals surface area contributed by atoms with Gasteiger partial charge in [-0.05, 0) is 74.6 Å². The number of nitrogens with one attached hydrogen (secondary N) is 1. The first-order valence-corrected chi connectivity index (χ1v) is 16.8. The summed E-state index contributed by atoms with van der Waals surface area (Å²) in [5.41, 5.74) is 1.96. The molecule has 0 saturated carbocycles. The zero-order valence-electron chi connectivity index (χ0n) is 26.0. The van der Waals surface area contributed by atoms with Crippen molar-refractivity contribution >= 4 is 21.1 Å². The first-order valence-electron chi connectivity index (χ1n) is 15.3. The number of hydrogen-bond acceptors (Lipinski definition) is 9. The number of H-pyrrole nitrogens is 1.